The Hall–Kier alpha value is -1.86. The van der Waals surface area contributed by atoms with Gasteiger partial charge in [-0.15, -0.1) is 0 Å². The smallest absolute Gasteiger partial charge is 0.245 e. The number of nitriles is 1. The molecule has 0 N–H and O–H groups in total. The van der Waals surface area contributed by atoms with Gasteiger partial charge in [-0.05, 0) is 18.4 Å². The van der Waals surface area contributed by atoms with Gasteiger partial charge in [-0.1, -0.05) is 30.3 Å². The molecule has 0 aliphatic rings. The molecule has 1 rings (SSSR count). The molecule has 1 amide bonds. The maximum atomic E-state index is 11.6. The third-order valence-corrected chi connectivity index (χ3v) is 2.55. The molecule has 0 saturated carbocycles. The number of carbonyl (C=O) groups is 1. The third-order valence-electron chi connectivity index (χ3n) is 2.55. The Labute approximate surface area is 108 Å². The van der Waals surface area contributed by atoms with E-state index in [-0.39, 0.29) is 5.91 Å². The number of unbranched alkanes of at least 4 members (excludes halogenated alkanes) is 2. The molecular formula is C14H18N2O2. The summed E-state index contributed by atoms with van der Waals surface area (Å²) in [5.74, 6) is -0.0520. The summed E-state index contributed by atoms with van der Waals surface area (Å²) in [6.07, 6.45) is 2.41. The van der Waals surface area contributed by atoms with Crippen molar-refractivity contribution in [2.45, 2.75) is 32.3 Å². The summed E-state index contributed by atoms with van der Waals surface area (Å²) >= 11 is 0. The Kier molecular flexibility index (Phi) is 6.52. The Balaban J connectivity index is 2.22. The van der Waals surface area contributed by atoms with Gasteiger partial charge in [0.05, 0.1) is 6.07 Å². The van der Waals surface area contributed by atoms with Gasteiger partial charge in [-0.25, -0.2) is 5.06 Å². The molecule has 1 aromatic rings. The van der Waals surface area contributed by atoms with E-state index in [9.17, 15) is 4.79 Å². The van der Waals surface area contributed by atoms with Crippen LogP contribution in [0.2, 0.25) is 0 Å². The SMILES string of the molecule is CN(OCc1ccccc1)C(=O)CCCCC#N. The van der Waals surface area contributed by atoms with E-state index >= 15 is 0 Å². The Morgan fingerprint density at radius 3 is 2.72 bits per heavy atom. The highest BCUT2D eigenvalue weighted by Crippen LogP contribution is 2.05. The molecule has 96 valence electrons. The van der Waals surface area contributed by atoms with E-state index in [0.717, 1.165) is 18.4 Å². The van der Waals surface area contributed by atoms with Gasteiger partial charge in [0.15, 0.2) is 0 Å². The topological polar surface area (TPSA) is 53.3 Å². The lowest BCUT2D eigenvalue weighted by Gasteiger charge is -2.16. The second kappa shape index (κ2) is 8.26. The predicted octanol–water partition coefficient (Wildman–Crippen LogP) is 2.66. The van der Waals surface area contributed by atoms with Crippen molar-refractivity contribution in [3.8, 4) is 6.07 Å². The fourth-order valence-electron chi connectivity index (χ4n) is 1.46. The first-order valence-electron chi connectivity index (χ1n) is 6.04. The van der Waals surface area contributed by atoms with Crippen molar-refractivity contribution >= 4 is 5.91 Å². The third kappa shape index (κ3) is 5.46. The summed E-state index contributed by atoms with van der Waals surface area (Å²) in [5.41, 5.74) is 1.03. The molecule has 1 aromatic carbocycles. The maximum Gasteiger partial charge on any atom is 0.245 e. The molecule has 0 atom stereocenters. The number of amides is 1. The van der Waals surface area contributed by atoms with Crippen molar-refractivity contribution in [3.05, 3.63) is 35.9 Å². The summed E-state index contributed by atoms with van der Waals surface area (Å²) in [7, 11) is 1.62. The quantitative estimate of drug-likeness (QED) is 0.549. The van der Waals surface area contributed by atoms with Gasteiger partial charge in [-0.3, -0.25) is 9.63 Å². The minimum Gasteiger partial charge on any atom is -0.273 e. The van der Waals surface area contributed by atoms with Gasteiger partial charge in [0.2, 0.25) is 5.91 Å². The number of hydrogen-bond donors (Lipinski definition) is 0. The number of rotatable bonds is 7. The highest BCUT2D eigenvalue weighted by Gasteiger charge is 2.08. The lowest BCUT2D eigenvalue weighted by Crippen LogP contribution is -2.26. The first-order valence-corrected chi connectivity index (χ1v) is 6.04. The van der Waals surface area contributed by atoms with Crippen LogP contribution in [0.5, 0.6) is 0 Å². The van der Waals surface area contributed by atoms with Crippen LogP contribution in [0, 0.1) is 11.3 Å². The van der Waals surface area contributed by atoms with Gasteiger partial charge in [-0.2, -0.15) is 5.26 Å². The minimum absolute atomic E-state index is 0.0520. The summed E-state index contributed by atoms with van der Waals surface area (Å²) in [5, 5.41) is 9.66. The highest BCUT2D eigenvalue weighted by atomic mass is 16.7. The number of hydroxylamine groups is 2. The van der Waals surface area contributed by atoms with Gasteiger partial charge < -0.3 is 0 Å². The summed E-state index contributed by atoms with van der Waals surface area (Å²) in [6.45, 7) is 0.390. The van der Waals surface area contributed by atoms with Crippen molar-refractivity contribution in [1.82, 2.24) is 5.06 Å². The first kappa shape index (κ1) is 14.2. The van der Waals surface area contributed by atoms with Crippen molar-refractivity contribution in [3.63, 3.8) is 0 Å². The number of benzene rings is 1. The average molecular weight is 246 g/mol. The largest absolute Gasteiger partial charge is 0.273 e. The molecule has 0 spiro atoms. The second-order valence-corrected chi connectivity index (χ2v) is 4.02. The zero-order valence-electron chi connectivity index (χ0n) is 10.6. The molecule has 0 heterocycles. The van der Waals surface area contributed by atoms with Crippen molar-refractivity contribution in [2.24, 2.45) is 0 Å². The van der Waals surface area contributed by atoms with E-state index in [1.807, 2.05) is 30.3 Å². The van der Waals surface area contributed by atoms with E-state index in [1.165, 1.54) is 5.06 Å². The Morgan fingerprint density at radius 1 is 1.33 bits per heavy atom. The average Bonchev–Trinajstić information content (AvgIpc) is 2.42. The second-order valence-electron chi connectivity index (χ2n) is 4.02. The Bertz CT molecular complexity index is 398. The molecule has 0 fully saturated rings. The fraction of sp³-hybridized carbons (Fsp3) is 0.429. The van der Waals surface area contributed by atoms with E-state index in [2.05, 4.69) is 6.07 Å². The lowest BCUT2D eigenvalue weighted by molar-refractivity contribution is -0.182. The molecule has 0 bridgehead atoms. The normalized spacial score (nSPS) is 9.78. The van der Waals surface area contributed by atoms with Gasteiger partial charge in [0.25, 0.3) is 0 Å². The van der Waals surface area contributed by atoms with Crippen LogP contribution in [0.15, 0.2) is 30.3 Å². The van der Waals surface area contributed by atoms with Crippen molar-refractivity contribution in [2.75, 3.05) is 7.05 Å². The van der Waals surface area contributed by atoms with Gasteiger partial charge in [0, 0.05) is 19.9 Å². The standard InChI is InChI=1S/C14H18N2O2/c1-16(14(17)10-6-3-7-11-15)18-12-13-8-4-2-5-9-13/h2,4-5,8-9H,3,6-7,10,12H2,1H3. The molecule has 4 heteroatoms. The summed E-state index contributed by atoms with van der Waals surface area (Å²) in [6, 6.07) is 11.8. The van der Waals surface area contributed by atoms with Crippen LogP contribution in [0.4, 0.5) is 0 Å². The van der Waals surface area contributed by atoms with E-state index in [1.54, 1.807) is 7.05 Å². The lowest BCUT2D eigenvalue weighted by atomic mass is 10.2. The van der Waals surface area contributed by atoms with Crippen molar-refractivity contribution in [1.29, 1.82) is 5.26 Å². The van der Waals surface area contributed by atoms with Crippen LogP contribution >= 0.6 is 0 Å². The van der Waals surface area contributed by atoms with E-state index in [4.69, 9.17) is 10.1 Å². The monoisotopic (exact) mass is 246 g/mol. The molecule has 18 heavy (non-hydrogen) atoms. The van der Waals surface area contributed by atoms with E-state index in [0.29, 0.717) is 19.4 Å². The number of nitrogens with zero attached hydrogens (tertiary/aromatic N) is 2. The highest BCUT2D eigenvalue weighted by molar-refractivity contribution is 5.74. The molecule has 0 aromatic heterocycles. The maximum absolute atomic E-state index is 11.6. The zero-order chi connectivity index (χ0) is 13.2. The van der Waals surface area contributed by atoms with Crippen LogP contribution < -0.4 is 0 Å². The number of carbonyl (C=O) groups excluding carboxylic acids is 1. The van der Waals surface area contributed by atoms with Gasteiger partial charge in [0.1, 0.15) is 6.61 Å². The zero-order valence-corrected chi connectivity index (χ0v) is 10.6. The molecule has 0 aliphatic carbocycles. The molecule has 0 unspecified atom stereocenters. The minimum atomic E-state index is -0.0520. The predicted molar refractivity (Wildman–Crippen MR) is 68.1 cm³/mol. The fourth-order valence-corrected chi connectivity index (χ4v) is 1.46. The Morgan fingerprint density at radius 2 is 2.06 bits per heavy atom. The molecule has 0 saturated heterocycles. The van der Waals surface area contributed by atoms with Crippen molar-refractivity contribution < 1.29 is 9.63 Å². The molecule has 0 radical (unpaired) electrons. The summed E-state index contributed by atoms with van der Waals surface area (Å²) in [4.78, 5) is 17.0. The van der Waals surface area contributed by atoms with Crippen LogP contribution in [0.3, 0.4) is 0 Å². The van der Waals surface area contributed by atoms with Gasteiger partial charge >= 0.3 is 0 Å². The van der Waals surface area contributed by atoms with Crippen LogP contribution in [0.25, 0.3) is 0 Å². The van der Waals surface area contributed by atoms with E-state index < -0.39 is 0 Å². The molecule has 0 aliphatic heterocycles. The van der Waals surface area contributed by atoms with Crippen LogP contribution in [0.1, 0.15) is 31.2 Å². The number of hydrogen-bond acceptors (Lipinski definition) is 3. The van der Waals surface area contributed by atoms with Crippen LogP contribution in [-0.4, -0.2) is 18.0 Å². The summed E-state index contributed by atoms with van der Waals surface area (Å²) < 4.78 is 0. The van der Waals surface area contributed by atoms with Crippen LogP contribution in [-0.2, 0) is 16.2 Å². The first-order chi connectivity index (χ1) is 8.74. The molecule has 4 nitrogen and oxygen atoms in total. The molecular weight excluding hydrogens is 228 g/mol.